The van der Waals surface area contributed by atoms with Crippen LogP contribution >= 0.6 is 0 Å². The van der Waals surface area contributed by atoms with E-state index in [-0.39, 0.29) is 0 Å². The molecule has 0 heterocycles. The van der Waals surface area contributed by atoms with Crippen LogP contribution in [-0.4, -0.2) is 13.1 Å². The Morgan fingerprint density at radius 1 is 1.42 bits per heavy atom. The van der Waals surface area contributed by atoms with Gasteiger partial charge in [0.25, 0.3) is 6.47 Å². The maximum atomic E-state index is 9.86. The lowest BCUT2D eigenvalue weighted by Crippen LogP contribution is -1.97. The normalized spacial score (nSPS) is 9.42. The second-order valence-corrected chi connectivity index (χ2v) is 2.64. The molecule has 2 heteroatoms. The molecule has 0 spiro atoms. The summed E-state index contributed by atoms with van der Waals surface area (Å²) in [6, 6.07) is 8.09. The lowest BCUT2D eigenvalue weighted by atomic mass is 10.1. The quantitative estimate of drug-likeness (QED) is 0.500. The minimum absolute atomic E-state index is 0.467. The van der Waals surface area contributed by atoms with Crippen LogP contribution in [0.3, 0.4) is 0 Å². The molecule has 12 heavy (non-hydrogen) atoms. The summed E-state index contributed by atoms with van der Waals surface area (Å²) >= 11 is 0. The molecule has 2 nitrogen and oxygen atoms in total. The summed E-state index contributed by atoms with van der Waals surface area (Å²) in [5, 5.41) is 0. The molecule has 0 saturated heterocycles. The van der Waals surface area contributed by atoms with Crippen LogP contribution in [-0.2, 0) is 16.0 Å². The van der Waals surface area contributed by atoms with E-state index in [1.165, 1.54) is 11.1 Å². The van der Waals surface area contributed by atoms with Gasteiger partial charge in [0.15, 0.2) is 0 Å². The third kappa shape index (κ3) is 2.38. The fraction of sp³-hybridized carbons (Fsp3) is 0.300. The maximum Gasteiger partial charge on any atom is 0.293 e. The molecule has 0 unspecified atom stereocenters. The van der Waals surface area contributed by atoms with Crippen molar-refractivity contribution in [1.29, 1.82) is 0 Å². The van der Waals surface area contributed by atoms with Crippen LogP contribution in [0.1, 0.15) is 11.1 Å². The van der Waals surface area contributed by atoms with Crippen molar-refractivity contribution in [2.24, 2.45) is 0 Å². The lowest BCUT2D eigenvalue weighted by Gasteiger charge is -2.03. The van der Waals surface area contributed by atoms with Gasteiger partial charge in [-0.15, -0.1) is 0 Å². The van der Waals surface area contributed by atoms with Crippen LogP contribution in [0.15, 0.2) is 24.3 Å². The number of hydrogen-bond donors (Lipinski definition) is 0. The topological polar surface area (TPSA) is 26.3 Å². The zero-order valence-corrected chi connectivity index (χ0v) is 7.12. The Morgan fingerprint density at radius 2 is 2.17 bits per heavy atom. The van der Waals surface area contributed by atoms with Gasteiger partial charge in [-0.25, -0.2) is 0 Å². The number of carbonyl (C=O) groups is 1. The van der Waals surface area contributed by atoms with E-state index in [1.54, 1.807) is 0 Å². The number of hydrogen-bond acceptors (Lipinski definition) is 2. The molecule has 0 aromatic heterocycles. The van der Waals surface area contributed by atoms with Crippen LogP contribution in [0.4, 0.5) is 0 Å². The number of rotatable bonds is 4. The van der Waals surface area contributed by atoms with Gasteiger partial charge in [-0.1, -0.05) is 24.3 Å². The first kappa shape index (κ1) is 8.78. The van der Waals surface area contributed by atoms with Crippen molar-refractivity contribution >= 4 is 6.47 Å². The van der Waals surface area contributed by atoms with Gasteiger partial charge in [0, 0.05) is 6.42 Å². The van der Waals surface area contributed by atoms with E-state index in [4.69, 9.17) is 0 Å². The minimum Gasteiger partial charge on any atom is -0.468 e. The van der Waals surface area contributed by atoms with Crippen molar-refractivity contribution < 1.29 is 9.53 Å². The fourth-order valence-corrected chi connectivity index (χ4v) is 1.11. The first-order chi connectivity index (χ1) is 5.84. The second kappa shape index (κ2) is 4.54. The first-order valence-electron chi connectivity index (χ1n) is 3.94. The van der Waals surface area contributed by atoms with Gasteiger partial charge in [0.2, 0.25) is 0 Å². The van der Waals surface area contributed by atoms with Gasteiger partial charge >= 0.3 is 0 Å². The molecular formula is C10H12O2. The van der Waals surface area contributed by atoms with Crippen LogP contribution in [0.2, 0.25) is 0 Å². The molecule has 0 aliphatic carbocycles. The van der Waals surface area contributed by atoms with Gasteiger partial charge in [-0.3, -0.25) is 4.79 Å². The van der Waals surface area contributed by atoms with Crippen molar-refractivity contribution in [3.05, 3.63) is 35.4 Å². The predicted molar refractivity (Wildman–Crippen MR) is 46.9 cm³/mol. The maximum absolute atomic E-state index is 9.86. The Hall–Kier alpha value is -1.31. The number of aryl methyl sites for hydroxylation is 1. The summed E-state index contributed by atoms with van der Waals surface area (Å²) in [5.41, 5.74) is 2.48. The molecule has 64 valence electrons. The Balaban J connectivity index is 2.51. The van der Waals surface area contributed by atoms with Crippen molar-refractivity contribution in [2.45, 2.75) is 13.3 Å². The van der Waals surface area contributed by atoms with Gasteiger partial charge in [0.05, 0.1) is 6.61 Å². The van der Waals surface area contributed by atoms with E-state index >= 15 is 0 Å². The second-order valence-electron chi connectivity index (χ2n) is 2.64. The summed E-state index contributed by atoms with van der Waals surface area (Å²) in [6.07, 6.45) is 0.797. The number of carbonyl (C=O) groups excluding carboxylic acids is 1. The average Bonchev–Trinajstić information content (AvgIpc) is 2.09. The smallest absolute Gasteiger partial charge is 0.293 e. The van der Waals surface area contributed by atoms with Crippen LogP contribution in [0.25, 0.3) is 0 Å². The van der Waals surface area contributed by atoms with E-state index in [0.29, 0.717) is 13.1 Å². The summed E-state index contributed by atoms with van der Waals surface area (Å²) in [5.74, 6) is 0. The third-order valence-corrected chi connectivity index (χ3v) is 1.82. The van der Waals surface area contributed by atoms with Crippen LogP contribution in [0, 0.1) is 6.92 Å². The number of ether oxygens (including phenoxy) is 1. The molecule has 0 radical (unpaired) electrons. The Kier molecular flexibility index (Phi) is 3.33. The highest BCUT2D eigenvalue weighted by Crippen LogP contribution is 2.07. The molecule has 0 fully saturated rings. The van der Waals surface area contributed by atoms with Crippen molar-refractivity contribution in [3.63, 3.8) is 0 Å². The van der Waals surface area contributed by atoms with E-state index in [0.717, 1.165) is 6.42 Å². The predicted octanol–water partition coefficient (Wildman–Crippen LogP) is 1.71. The molecule has 0 aliphatic rings. The molecule has 1 aromatic rings. The zero-order valence-electron chi connectivity index (χ0n) is 7.12. The summed E-state index contributed by atoms with van der Waals surface area (Å²) in [7, 11) is 0. The average molecular weight is 164 g/mol. The van der Waals surface area contributed by atoms with E-state index < -0.39 is 0 Å². The van der Waals surface area contributed by atoms with Gasteiger partial charge in [0.1, 0.15) is 0 Å². The van der Waals surface area contributed by atoms with Gasteiger partial charge in [-0.05, 0) is 18.1 Å². The van der Waals surface area contributed by atoms with Gasteiger partial charge in [-0.2, -0.15) is 0 Å². The molecule has 0 amide bonds. The van der Waals surface area contributed by atoms with Crippen molar-refractivity contribution in [1.82, 2.24) is 0 Å². The molecule has 1 rings (SSSR count). The van der Waals surface area contributed by atoms with Crippen LogP contribution in [0.5, 0.6) is 0 Å². The molecule has 0 bridgehead atoms. The Morgan fingerprint density at radius 3 is 2.83 bits per heavy atom. The van der Waals surface area contributed by atoms with Crippen molar-refractivity contribution in [3.8, 4) is 0 Å². The fourth-order valence-electron chi connectivity index (χ4n) is 1.11. The largest absolute Gasteiger partial charge is 0.468 e. The first-order valence-corrected chi connectivity index (χ1v) is 3.94. The molecule has 0 aliphatic heterocycles. The van der Waals surface area contributed by atoms with Crippen LogP contribution < -0.4 is 0 Å². The molecule has 1 aromatic carbocycles. The highest BCUT2D eigenvalue weighted by molar-refractivity contribution is 5.37. The van der Waals surface area contributed by atoms with Crippen molar-refractivity contribution in [2.75, 3.05) is 6.61 Å². The van der Waals surface area contributed by atoms with E-state index in [1.807, 2.05) is 18.2 Å². The van der Waals surface area contributed by atoms with E-state index in [9.17, 15) is 4.79 Å². The SMILES string of the molecule is Cc1ccccc1CCOC=O. The zero-order chi connectivity index (χ0) is 8.81. The lowest BCUT2D eigenvalue weighted by molar-refractivity contribution is -0.128. The molecule has 0 N–H and O–H groups in total. The standard InChI is InChI=1S/C10H12O2/c1-9-4-2-3-5-10(9)6-7-12-8-11/h2-5,8H,6-7H2,1H3. The highest BCUT2D eigenvalue weighted by atomic mass is 16.5. The number of benzene rings is 1. The van der Waals surface area contributed by atoms with E-state index in [2.05, 4.69) is 17.7 Å². The van der Waals surface area contributed by atoms with Gasteiger partial charge < -0.3 is 4.74 Å². The Bertz CT molecular complexity index is 256. The third-order valence-electron chi connectivity index (χ3n) is 1.82. The summed E-state index contributed by atoms with van der Waals surface area (Å²) < 4.78 is 4.61. The highest BCUT2D eigenvalue weighted by Gasteiger charge is 1.95. The monoisotopic (exact) mass is 164 g/mol. The summed E-state index contributed by atoms with van der Waals surface area (Å²) in [4.78, 5) is 9.86. The summed E-state index contributed by atoms with van der Waals surface area (Å²) in [6.45, 7) is 3.00. The molecule has 0 atom stereocenters. The minimum atomic E-state index is 0.467. The molecule has 0 saturated carbocycles. The molecular weight excluding hydrogens is 152 g/mol. The Labute approximate surface area is 72.2 Å².